The minimum Gasteiger partial charge on any atom is -0.334 e. The normalized spacial score (nSPS) is 10.1. The fourth-order valence-electron chi connectivity index (χ4n) is 2.00. The molecule has 0 saturated carbocycles. The van der Waals surface area contributed by atoms with Gasteiger partial charge >= 0.3 is 6.03 Å². The Labute approximate surface area is 147 Å². The topological polar surface area (TPSA) is 70.2 Å². The summed E-state index contributed by atoms with van der Waals surface area (Å²) in [5.74, 6) is -0.734. The number of benzene rings is 2. The van der Waals surface area contributed by atoms with Crippen LogP contribution in [0, 0.1) is 12.7 Å². The smallest absolute Gasteiger partial charge is 0.315 e. The number of aryl methyl sites for hydroxylation is 1. The maximum atomic E-state index is 13.4. The first-order chi connectivity index (χ1) is 11.5. The van der Waals surface area contributed by atoms with Crippen LogP contribution < -0.4 is 16.0 Å². The van der Waals surface area contributed by atoms with E-state index in [1.165, 1.54) is 6.07 Å². The third kappa shape index (κ3) is 5.34. The van der Waals surface area contributed by atoms with Gasteiger partial charge in [0.25, 0.3) is 0 Å². The molecule has 0 fully saturated rings. The van der Waals surface area contributed by atoms with Crippen LogP contribution in [0.3, 0.4) is 0 Å². The van der Waals surface area contributed by atoms with Crippen LogP contribution in [-0.4, -0.2) is 18.5 Å². The summed E-state index contributed by atoms with van der Waals surface area (Å²) in [6, 6.07) is 11.1. The zero-order valence-corrected chi connectivity index (χ0v) is 14.6. The molecule has 0 bridgehead atoms. The number of rotatable bonds is 5. The van der Waals surface area contributed by atoms with E-state index in [2.05, 4.69) is 31.9 Å². The Morgan fingerprint density at radius 3 is 2.58 bits per heavy atom. The molecular weight excluding hydrogens is 377 g/mol. The summed E-state index contributed by atoms with van der Waals surface area (Å²) >= 11 is 3.35. The van der Waals surface area contributed by atoms with Crippen molar-refractivity contribution in [1.29, 1.82) is 0 Å². The lowest BCUT2D eigenvalue weighted by molar-refractivity contribution is -0.115. The van der Waals surface area contributed by atoms with Gasteiger partial charge in [-0.05, 0) is 36.8 Å². The molecule has 0 radical (unpaired) electrons. The second-order valence-electron chi connectivity index (χ2n) is 5.14. The summed E-state index contributed by atoms with van der Waals surface area (Å²) in [6.07, 6.45) is 0. The summed E-state index contributed by atoms with van der Waals surface area (Å²) in [6.45, 7) is 1.74. The van der Waals surface area contributed by atoms with Gasteiger partial charge in [-0.1, -0.05) is 34.1 Å². The molecule has 0 aliphatic carbocycles. The van der Waals surface area contributed by atoms with Crippen LogP contribution in [-0.2, 0) is 11.3 Å². The number of nitrogens with one attached hydrogen (secondary N) is 3. The van der Waals surface area contributed by atoms with E-state index >= 15 is 0 Å². The molecule has 0 atom stereocenters. The van der Waals surface area contributed by atoms with Crippen LogP contribution >= 0.6 is 15.9 Å². The summed E-state index contributed by atoms with van der Waals surface area (Å²) in [5.41, 5.74) is 1.96. The Balaban J connectivity index is 1.77. The zero-order chi connectivity index (χ0) is 17.5. The van der Waals surface area contributed by atoms with E-state index in [1.54, 1.807) is 24.3 Å². The predicted molar refractivity (Wildman–Crippen MR) is 94.1 cm³/mol. The first-order valence-electron chi connectivity index (χ1n) is 7.27. The Morgan fingerprint density at radius 1 is 1.12 bits per heavy atom. The molecule has 5 nitrogen and oxygen atoms in total. The van der Waals surface area contributed by atoms with E-state index in [0.717, 1.165) is 10.0 Å². The average molecular weight is 394 g/mol. The molecule has 0 aliphatic heterocycles. The van der Waals surface area contributed by atoms with E-state index in [4.69, 9.17) is 0 Å². The minimum atomic E-state index is -0.541. The zero-order valence-electron chi connectivity index (χ0n) is 13.0. The van der Waals surface area contributed by atoms with Gasteiger partial charge < -0.3 is 16.0 Å². The van der Waals surface area contributed by atoms with Crippen LogP contribution in [0.15, 0.2) is 46.9 Å². The van der Waals surface area contributed by atoms with E-state index < -0.39 is 6.03 Å². The van der Waals surface area contributed by atoms with Crippen molar-refractivity contribution < 1.29 is 14.0 Å². The van der Waals surface area contributed by atoms with Gasteiger partial charge in [-0.15, -0.1) is 0 Å². The van der Waals surface area contributed by atoms with Gasteiger partial charge in [0.1, 0.15) is 5.82 Å². The highest BCUT2D eigenvalue weighted by molar-refractivity contribution is 9.10. The Kier molecular flexibility index (Phi) is 6.31. The van der Waals surface area contributed by atoms with Crippen LogP contribution in [0.2, 0.25) is 0 Å². The highest BCUT2D eigenvalue weighted by Crippen LogP contribution is 2.19. The van der Waals surface area contributed by atoms with E-state index in [-0.39, 0.29) is 24.8 Å². The lowest BCUT2D eigenvalue weighted by Crippen LogP contribution is -2.39. The van der Waals surface area contributed by atoms with Crippen molar-refractivity contribution in [3.8, 4) is 0 Å². The van der Waals surface area contributed by atoms with Crippen molar-refractivity contribution in [3.63, 3.8) is 0 Å². The highest BCUT2D eigenvalue weighted by Gasteiger charge is 2.08. The predicted octanol–water partition coefficient (Wildman–Crippen LogP) is 3.33. The third-order valence-corrected chi connectivity index (χ3v) is 3.76. The van der Waals surface area contributed by atoms with Crippen LogP contribution in [0.5, 0.6) is 0 Å². The number of urea groups is 1. The lowest BCUT2D eigenvalue weighted by atomic mass is 10.2. The molecular formula is C17H17BrFN3O2. The molecule has 7 heteroatoms. The number of carbonyl (C=O) groups excluding carboxylic acids is 2. The number of anilines is 1. The first-order valence-corrected chi connectivity index (χ1v) is 8.06. The second-order valence-corrected chi connectivity index (χ2v) is 6.05. The Morgan fingerprint density at radius 2 is 1.88 bits per heavy atom. The van der Waals surface area contributed by atoms with Crippen molar-refractivity contribution in [2.24, 2.45) is 0 Å². The molecule has 126 valence electrons. The fraction of sp³-hybridized carbons (Fsp3) is 0.176. The van der Waals surface area contributed by atoms with Gasteiger partial charge in [-0.3, -0.25) is 4.79 Å². The Hall–Kier alpha value is -2.41. The Bertz CT molecular complexity index is 752. The van der Waals surface area contributed by atoms with Crippen molar-refractivity contribution >= 4 is 33.6 Å². The molecule has 2 aromatic carbocycles. The maximum absolute atomic E-state index is 13.4. The molecule has 0 unspecified atom stereocenters. The molecule has 24 heavy (non-hydrogen) atoms. The van der Waals surface area contributed by atoms with Gasteiger partial charge in [-0.2, -0.15) is 0 Å². The molecule has 3 amide bonds. The van der Waals surface area contributed by atoms with Crippen molar-refractivity contribution in [2.75, 3.05) is 11.9 Å². The molecule has 3 N–H and O–H groups in total. The van der Waals surface area contributed by atoms with Crippen molar-refractivity contribution in [2.45, 2.75) is 13.5 Å². The van der Waals surface area contributed by atoms with Gasteiger partial charge in [0, 0.05) is 22.3 Å². The summed E-state index contributed by atoms with van der Waals surface area (Å²) in [4.78, 5) is 23.5. The summed E-state index contributed by atoms with van der Waals surface area (Å²) in [7, 11) is 0. The number of hydrogen-bond acceptors (Lipinski definition) is 2. The molecule has 2 rings (SSSR count). The molecule has 0 spiro atoms. The number of hydrogen-bond donors (Lipinski definition) is 3. The highest BCUT2D eigenvalue weighted by atomic mass is 79.9. The third-order valence-electron chi connectivity index (χ3n) is 3.27. The second kappa shape index (κ2) is 8.44. The van der Waals surface area contributed by atoms with Gasteiger partial charge in [0.2, 0.25) is 5.91 Å². The van der Waals surface area contributed by atoms with Gasteiger partial charge in [0.05, 0.1) is 6.54 Å². The average Bonchev–Trinajstić information content (AvgIpc) is 2.55. The number of halogens is 2. The summed E-state index contributed by atoms with van der Waals surface area (Å²) in [5, 5.41) is 7.64. The van der Waals surface area contributed by atoms with E-state index in [1.807, 2.05) is 19.1 Å². The molecule has 2 aromatic rings. The maximum Gasteiger partial charge on any atom is 0.315 e. The van der Waals surface area contributed by atoms with Crippen LogP contribution in [0.25, 0.3) is 0 Å². The quantitative estimate of drug-likeness (QED) is 0.728. The van der Waals surface area contributed by atoms with Gasteiger partial charge in [0.15, 0.2) is 0 Å². The first kappa shape index (κ1) is 17.9. The number of amides is 3. The molecule has 0 heterocycles. The summed E-state index contributed by atoms with van der Waals surface area (Å²) < 4.78 is 14.3. The lowest BCUT2D eigenvalue weighted by Gasteiger charge is -2.10. The monoisotopic (exact) mass is 393 g/mol. The van der Waals surface area contributed by atoms with Crippen molar-refractivity contribution in [1.82, 2.24) is 10.6 Å². The fourth-order valence-corrected chi connectivity index (χ4v) is 2.48. The molecule has 0 aliphatic rings. The van der Waals surface area contributed by atoms with Crippen LogP contribution in [0.4, 0.5) is 14.9 Å². The largest absolute Gasteiger partial charge is 0.334 e. The van der Waals surface area contributed by atoms with Crippen LogP contribution in [0.1, 0.15) is 11.1 Å². The molecule has 0 saturated heterocycles. The SMILES string of the molecule is Cc1cc(Br)ccc1NC(=O)CNC(=O)NCc1ccccc1F. The minimum absolute atomic E-state index is 0.0476. The van der Waals surface area contributed by atoms with E-state index in [0.29, 0.717) is 11.3 Å². The van der Waals surface area contributed by atoms with E-state index in [9.17, 15) is 14.0 Å². The standard InChI is InChI=1S/C17H17BrFN3O2/c1-11-8-13(18)6-7-15(11)22-16(23)10-21-17(24)20-9-12-4-2-3-5-14(12)19/h2-8H,9-10H2,1H3,(H,22,23)(H2,20,21,24). The van der Waals surface area contributed by atoms with Gasteiger partial charge in [-0.25, -0.2) is 9.18 Å². The molecule has 0 aromatic heterocycles. The van der Waals surface area contributed by atoms with Crippen molar-refractivity contribution in [3.05, 3.63) is 63.9 Å². The number of carbonyl (C=O) groups is 2.